The molecule has 0 aromatic heterocycles. The molecule has 0 aliphatic heterocycles. The third kappa shape index (κ3) is 2.62. The predicted molar refractivity (Wildman–Crippen MR) is 69.0 cm³/mol. The molecule has 1 aromatic rings. The van der Waals surface area contributed by atoms with Gasteiger partial charge in [0.15, 0.2) is 0 Å². The molecular formula is C13H16N2O4. The van der Waals surface area contributed by atoms with Crippen LogP contribution >= 0.6 is 0 Å². The van der Waals surface area contributed by atoms with Crippen molar-refractivity contribution < 1.29 is 19.4 Å². The lowest BCUT2D eigenvalue weighted by atomic mass is 10.1. The fraction of sp³-hybridized carbons (Fsp3) is 0.385. The predicted octanol–water partition coefficient (Wildman–Crippen LogP) is 0.872. The molecule has 0 radical (unpaired) electrons. The van der Waals surface area contributed by atoms with Crippen LogP contribution in [-0.2, 0) is 4.79 Å². The number of ether oxygens (including phenoxy) is 1. The number of nitrogens with one attached hydrogen (secondary N) is 1. The Morgan fingerprint density at radius 3 is 2.68 bits per heavy atom. The number of amides is 1. The molecule has 1 aromatic carbocycles. The molecule has 0 heterocycles. The lowest BCUT2D eigenvalue weighted by Crippen LogP contribution is -2.34. The minimum absolute atomic E-state index is 0.134. The van der Waals surface area contributed by atoms with Crippen molar-refractivity contribution in [3.63, 3.8) is 0 Å². The lowest BCUT2D eigenvalue weighted by molar-refractivity contribution is -0.143. The molecule has 6 heteroatoms. The third-order valence-electron chi connectivity index (χ3n) is 3.36. The molecule has 0 unspecified atom stereocenters. The molecule has 1 fully saturated rings. The van der Waals surface area contributed by atoms with Crippen LogP contribution in [0.15, 0.2) is 18.2 Å². The van der Waals surface area contributed by atoms with Gasteiger partial charge in [-0.15, -0.1) is 0 Å². The molecule has 0 saturated heterocycles. The monoisotopic (exact) mass is 264 g/mol. The summed E-state index contributed by atoms with van der Waals surface area (Å²) in [5.41, 5.74) is 5.67. The number of hydrogen-bond acceptors (Lipinski definition) is 4. The van der Waals surface area contributed by atoms with E-state index in [0.29, 0.717) is 29.8 Å². The van der Waals surface area contributed by atoms with E-state index in [1.165, 1.54) is 7.11 Å². The number of hydrogen-bond donors (Lipinski definition) is 3. The molecule has 1 saturated carbocycles. The minimum Gasteiger partial charge on any atom is -0.496 e. The highest BCUT2D eigenvalue weighted by Crippen LogP contribution is 2.45. The lowest BCUT2D eigenvalue weighted by Gasteiger charge is -2.13. The zero-order valence-corrected chi connectivity index (χ0v) is 10.6. The van der Waals surface area contributed by atoms with Crippen LogP contribution in [0.4, 0.5) is 5.69 Å². The van der Waals surface area contributed by atoms with Crippen molar-refractivity contribution in [2.75, 3.05) is 19.4 Å². The van der Waals surface area contributed by atoms with Gasteiger partial charge in [-0.1, -0.05) is 0 Å². The average molecular weight is 264 g/mol. The summed E-state index contributed by atoms with van der Waals surface area (Å²) in [7, 11) is 1.45. The molecule has 0 atom stereocenters. The highest BCUT2D eigenvalue weighted by Gasteiger charge is 2.50. The summed E-state index contributed by atoms with van der Waals surface area (Å²) < 4.78 is 5.09. The van der Waals surface area contributed by atoms with E-state index in [4.69, 9.17) is 15.6 Å². The van der Waals surface area contributed by atoms with E-state index >= 15 is 0 Å². The van der Waals surface area contributed by atoms with Crippen molar-refractivity contribution in [1.82, 2.24) is 5.32 Å². The number of carbonyl (C=O) groups is 2. The second-order valence-electron chi connectivity index (χ2n) is 4.73. The zero-order valence-electron chi connectivity index (χ0n) is 10.6. The van der Waals surface area contributed by atoms with Crippen LogP contribution in [-0.4, -0.2) is 30.6 Å². The SMILES string of the molecule is COc1cc(N)ccc1C(=O)NCC1(C(=O)O)CC1. The number of aliphatic carboxylic acids is 1. The van der Waals surface area contributed by atoms with E-state index in [0.717, 1.165) is 0 Å². The maximum atomic E-state index is 12.0. The second-order valence-corrected chi connectivity index (χ2v) is 4.73. The van der Waals surface area contributed by atoms with Crippen molar-refractivity contribution in [3.05, 3.63) is 23.8 Å². The summed E-state index contributed by atoms with van der Waals surface area (Å²) in [6, 6.07) is 4.71. The van der Waals surface area contributed by atoms with E-state index in [2.05, 4.69) is 5.32 Å². The van der Waals surface area contributed by atoms with Gasteiger partial charge < -0.3 is 20.9 Å². The first kappa shape index (κ1) is 13.2. The number of carbonyl (C=O) groups excluding carboxylic acids is 1. The Bertz CT molecular complexity index is 523. The number of nitrogens with two attached hydrogens (primary N) is 1. The van der Waals surface area contributed by atoms with Gasteiger partial charge in [0.1, 0.15) is 5.75 Å². The van der Waals surface area contributed by atoms with Gasteiger partial charge in [0.05, 0.1) is 18.1 Å². The maximum absolute atomic E-state index is 12.0. The van der Waals surface area contributed by atoms with E-state index in [9.17, 15) is 9.59 Å². The number of benzene rings is 1. The van der Waals surface area contributed by atoms with Gasteiger partial charge in [-0.25, -0.2) is 0 Å². The van der Waals surface area contributed by atoms with Crippen molar-refractivity contribution in [1.29, 1.82) is 0 Å². The van der Waals surface area contributed by atoms with Crippen molar-refractivity contribution in [3.8, 4) is 5.75 Å². The third-order valence-corrected chi connectivity index (χ3v) is 3.36. The molecule has 1 aliphatic rings. The van der Waals surface area contributed by atoms with Gasteiger partial charge in [0.2, 0.25) is 0 Å². The Hall–Kier alpha value is -2.24. The Kier molecular flexibility index (Phi) is 3.33. The minimum atomic E-state index is -0.864. The summed E-state index contributed by atoms with van der Waals surface area (Å²) in [6.07, 6.45) is 1.20. The van der Waals surface area contributed by atoms with Gasteiger partial charge in [0, 0.05) is 18.3 Å². The van der Waals surface area contributed by atoms with Gasteiger partial charge in [0.25, 0.3) is 5.91 Å². The first-order valence-electron chi connectivity index (χ1n) is 5.94. The molecule has 0 spiro atoms. The van der Waals surface area contributed by atoms with Gasteiger partial charge in [-0.05, 0) is 25.0 Å². The quantitative estimate of drug-likeness (QED) is 0.685. The molecule has 2 rings (SSSR count). The first-order chi connectivity index (χ1) is 8.98. The fourth-order valence-corrected chi connectivity index (χ4v) is 1.86. The van der Waals surface area contributed by atoms with Crippen LogP contribution in [0, 0.1) is 5.41 Å². The summed E-state index contributed by atoms with van der Waals surface area (Å²) in [4.78, 5) is 23.0. The molecule has 4 N–H and O–H groups in total. The Balaban J connectivity index is 2.06. The number of rotatable bonds is 5. The molecule has 0 bridgehead atoms. The Morgan fingerprint density at radius 1 is 1.47 bits per heavy atom. The van der Waals surface area contributed by atoms with Crippen molar-refractivity contribution in [2.45, 2.75) is 12.8 Å². The number of methoxy groups -OCH3 is 1. The van der Waals surface area contributed by atoms with Gasteiger partial charge in [-0.2, -0.15) is 0 Å². The van der Waals surface area contributed by atoms with Gasteiger partial charge >= 0.3 is 5.97 Å². The summed E-state index contributed by atoms with van der Waals surface area (Å²) >= 11 is 0. The van der Waals surface area contributed by atoms with E-state index in [1.54, 1.807) is 18.2 Å². The summed E-state index contributed by atoms with van der Waals surface area (Å²) in [6.45, 7) is 0.134. The second kappa shape index (κ2) is 4.79. The zero-order chi connectivity index (χ0) is 14.0. The molecule has 102 valence electrons. The molecule has 19 heavy (non-hydrogen) atoms. The summed E-state index contributed by atoms with van der Waals surface area (Å²) in [5, 5.41) is 11.7. The van der Waals surface area contributed by atoms with Crippen LogP contribution < -0.4 is 15.8 Å². The van der Waals surface area contributed by atoms with Crippen molar-refractivity contribution in [2.24, 2.45) is 5.41 Å². The summed E-state index contributed by atoms with van der Waals surface area (Å²) in [5.74, 6) is -0.848. The largest absolute Gasteiger partial charge is 0.496 e. The standard InChI is InChI=1S/C13H16N2O4/c1-19-10-6-8(14)2-3-9(10)11(16)15-7-13(4-5-13)12(17)18/h2-3,6H,4-5,7,14H2,1H3,(H,15,16)(H,17,18). The highest BCUT2D eigenvalue weighted by molar-refractivity contribution is 5.97. The normalized spacial score (nSPS) is 15.6. The first-order valence-corrected chi connectivity index (χ1v) is 5.94. The molecular weight excluding hydrogens is 248 g/mol. The fourth-order valence-electron chi connectivity index (χ4n) is 1.86. The van der Waals surface area contributed by atoms with Crippen LogP contribution in [0.3, 0.4) is 0 Å². The smallest absolute Gasteiger partial charge is 0.311 e. The van der Waals surface area contributed by atoms with Crippen LogP contribution in [0.5, 0.6) is 5.75 Å². The van der Waals surface area contributed by atoms with Crippen LogP contribution in [0.2, 0.25) is 0 Å². The van der Waals surface area contributed by atoms with E-state index in [1.807, 2.05) is 0 Å². The van der Waals surface area contributed by atoms with Crippen LogP contribution in [0.25, 0.3) is 0 Å². The Morgan fingerprint density at radius 2 is 2.16 bits per heavy atom. The Labute approximate surface area is 110 Å². The average Bonchev–Trinajstić information content (AvgIpc) is 3.17. The van der Waals surface area contributed by atoms with E-state index < -0.39 is 11.4 Å². The molecule has 6 nitrogen and oxygen atoms in total. The highest BCUT2D eigenvalue weighted by atomic mass is 16.5. The number of carboxylic acid groups (broad SMARTS) is 1. The number of nitrogen functional groups attached to an aromatic ring is 1. The topological polar surface area (TPSA) is 102 Å². The van der Waals surface area contributed by atoms with Crippen LogP contribution in [0.1, 0.15) is 23.2 Å². The van der Waals surface area contributed by atoms with Crippen molar-refractivity contribution >= 4 is 17.6 Å². The number of carboxylic acids is 1. The maximum Gasteiger partial charge on any atom is 0.311 e. The molecule has 1 aliphatic carbocycles. The molecule has 1 amide bonds. The van der Waals surface area contributed by atoms with Gasteiger partial charge in [-0.3, -0.25) is 9.59 Å². The number of anilines is 1. The van der Waals surface area contributed by atoms with E-state index in [-0.39, 0.29) is 12.5 Å².